The van der Waals surface area contributed by atoms with E-state index in [2.05, 4.69) is 10.2 Å². The van der Waals surface area contributed by atoms with E-state index in [4.69, 9.17) is 4.74 Å². The van der Waals surface area contributed by atoms with Gasteiger partial charge in [-0.25, -0.2) is 4.39 Å². The quantitative estimate of drug-likeness (QED) is 0.866. The number of likely N-dealkylation sites (tertiary alicyclic amines) is 1. The number of nitrogens with one attached hydrogen (secondary N) is 1. The molecule has 0 aromatic heterocycles. The molecule has 1 amide bonds. The normalized spacial score (nSPS) is 16.9. The summed E-state index contributed by atoms with van der Waals surface area (Å²) in [6.07, 6.45) is 2.25. The van der Waals surface area contributed by atoms with Crippen LogP contribution in [0.1, 0.15) is 18.4 Å². The fourth-order valence-corrected chi connectivity index (χ4v) is 2.59. The van der Waals surface area contributed by atoms with Crippen molar-refractivity contribution in [3.8, 4) is 0 Å². The highest BCUT2D eigenvalue weighted by Gasteiger charge is 2.20. The number of methoxy groups -OCH3 is 1. The maximum absolute atomic E-state index is 12.8. The van der Waals surface area contributed by atoms with Crippen LogP contribution in [-0.2, 0) is 16.0 Å². The van der Waals surface area contributed by atoms with Crippen molar-refractivity contribution in [1.82, 2.24) is 10.2 Å². The second-order valence-corrected chi connectivity index (χ2v) is 5.48. The van der Waals surface area contributed by atoms with E-state index in [1.165, 1.54) is 12.1 Å². The SMILES string of the molecule is COCCN1CCC(NC(=O)Cc2ccc(F)cc2)CC1. The van der Waals surface area contributed by atoms with Gasteiger partial charge in [-0.05, 0) is 30.5 Å². The Morgan fingerprint density at radius 1 is 1.33 bits per heavy atom. The van der Waals surface area contributed by atoms with E-state index in [9.17, 15) is 9.18 Å². The fourth-order valence-electron chi connectivity index (χ4n) is 2.59. The lowest BCUT2D eigenvalue weighted by atomic mass is 10.0. The molecule has 0 saturated carbocycles. The van der Waals surface area contributed by atoms with Crippen molar-refractivity contribution in [3.63, 3.8) is 0 Å². The van der Waals surface area contributed by atoms with E-state index in [-0.39, 0.29) is 17.8 Å². The minimum absolute atomic E-state index is 0.0111. The zero-order chi connectivity index (χ0) is 15.1. The molecule has 0 radical (unpaired) electrons. The monoisotopic (exact) mass is 294 g/mol. The van der Waals surface area contributed by atoms with Crippen molar-refractivity contribution in [2.75, 3.05) is 33.4 Å². The third-order valence-corrected chi connectivity index (χ3v) is 3.84. The lowest BCUT2D eigenvalue weighted by molar-refractivity contribution is -0.121. The van der Waals surface area contributed by atoms with Crippen LogP contribution in [0.4, 0.5) is 4.39 Å². The second-order valence-electron chi connectivity index (χ2n) is 5.48. The molecule has 1 heterocycles. The van der Waals surface area contributed by atoms with Crippen LogP contribution in [0.5, 0.6) is 0 Å². The average molecular weight is 294 g/mol. The molecule has 1 fully saturated rings. The van der Waals surface area contributed by atoms with Crippen LogP contribution < -0.4 is 5.32 Å². The molecule has 0 unspecified atom stereocenters. The molecule has 1 N–H and O–H groups in total. The molecule has 116 valence electrons. The second kappa shape index (κ2) is 8.10. The smallest absolute Gasteiger partial charge is 0.224 e. The maximum atomic E-state index is 12.8. The van der Waals surface area contributed by atoms with Gasteiger partial charge in [0, 0.05) is 32.8 Å². The molecule has 4 nitrogen and oxygen atoms in total. The first-order valence-corrected chi connectivity index (χ1v) is 7.42. The average Bonchev–Trinajstić information content (AvgIpc) is 2.49. The Labute approximate surface area is 125 Å². The zero-order valence-electron chi connectivity index (χ0n) is 12.5. The Morgan fingerprint density at radius 3 is 2.62 bits per heavy atom. The third kappa shape index (κ3) is 5.44. The Morgan fingerprint density at radius 2 is 2.00 bits per heavy atom. The van der Waals surface area contributed by atoms with E-state index in [1.54, 1.807) is 19.2 Å². The molecule has 0 spiro atoms. The van der Waals surface area contributed by atoms with Gasteiger partial charge in [0.2, 0.25) is 5.91 Å². The lowest BCUT2D eigenvalue weighted by Gasteiger charge is -2.32. The minimum atomic E-state index is -0.275. The van der Waals surface area contributed by atoms with Gasteiger partial charge in [0.15, 0.2) is 0 Å². The van der Waals surface area contributed by atoms with Crippen LogP contribution in [0.3, 0.4) is 0 Å². The van der Waals surface area contributed by atoms with Gasteiger partial charge in [0.25, 0.3) is 0 Å². The summed E-state index contributed by atoms with van der Waals surface area (Å²) in [7, 11) is 1.71. The molecular weight excluding hydrogens is 271 g/mol. The molecule has 0 bridgehead atoms. The van der Waals surface area contributed by atoms with E-state index in [0.29, 0.717) is 6.42 Å². The number of nitrogens with zero attached hydrogens (tertiary/aromatic N) is 1. The number of piperidine rings is 1. The van der Waals surface area contributed by atoms with E-state index < -0.39 is 0 Å². The third-order valence-electron chi connectivity index (χ3n) is 3.84. The van der Waals surface area contributed by atoms with Crippen molar-refractivity contribution < 1.29 is 13.9 Å². The summed E-state index contributed by atoms with van der Waals surface area (Å²) >= 11 is 0. The van der Waals surface area contributed by atoms with Gasteiger partial charge in [-0.3, -0.25) is 4.79 Å². The molecule has 1 aromatic rings. The number of benzene rings is 1. The molecule has 1 aromatic carbocycles. The molecule has 2 rings (SSSR count). The summed E-state index contributed by atoms with van der Waals surface area (Å²) < 4.78 is 17.9. The van der Waals surface area contributed by atoms with Gasteiger partial charge in [0.05, 0.1) is 13.0 Å². The predicted octanol–water partition coefficient (Wildman–Crippen LogP) is 1.60. The number of carbonyl (C=O) groups is 1. The predicted molar refractivity (Wildman–Crippen MR) is 79.6 cm³/mol. The number of hydrogen-bond donors (Lipinski definition) is 1. The zero-order valence-corrected chi connectivity index (χ0v) is 12.5. The summed E-state index contributed by atoms with van der Waals surface area (Å²) in [4.78, 5) is 14.3. The standard InChI is InChI=1S/C16H23FN2O2/c1-21-11-10-19-8-6-15(7-9-19)18-16(20)12-13-2-4-14(17)5-3-13/h2-5,15H,6-12H2,1H3,(H,18,20). The summed E-state index contributed by atoms with van der Waals surface area (Å²) in [5.74, 6) is -0.264. The number of hydrogen-bond acceptors (Lipinski definition) is 3. The van der Waals surface area contributed by atoms with Gasteiger partial charge in [-0.2, -0.15) is 0 Å². The molecule has 0 aliphatic carbocycles. The summed E-state index contributed by atoms with van der Waals surface area (Å²) in [5.41, 5.74) is 0.839. The summed E-state index contributed by atoms with van der Waals surface area (Å²) in [6.45, 7) is 3.68. The number of halogens is 1. The first-order valence-electron chi connectivity index (χ1n) is 7.42. The largest absolute Gasteiger partial charge is 0.383 e. The minimum Gasteiger partial charge on any atom is -0.383 e. The molecule has 1 aliphatic heterocycles. The maximum Gasteiger partial charge on any atom is 0.224 e. The van der Waals surface area contributed by atoms with Crippen LogP contribution in [0.15, 0.2) is 24.3 Å². The topological polar surface area (TPSA) is 41.6 Å². The Hall–Kier alpha value is -1.46. The Bertz CT molecular complexity index is 442. The summed E-state index contributed by atoms with van der Waals surface area (Å²) in [6, 6.07) is 6.33. The van der Waals surface area contributed by atoms with Crippen molar-refractivity contribution in [2.45, 2.75) is 25.3 Å². The van der Waals surface area contributed by atoms with Gasteiger partial charge < -0.3 is 15.0 Å². The number of ether oxygens (including phenoxy) is 1. The van der Waals surface area contributed by atoms with Crippen LogP contribution in [0.25, 0.3) is 0 Å². The first-order chi connectivity index (χ1) is 10.2. The van der Waals surface area contributed by atoms with Crippen molar-refractivity contribution in [1.29, 1.82) is 0 Å². The molecule has 21 heavy (non-hydrogen) atoms. The van der Waals surface area contributed by atoms with E-state index in [0.717, 1.165) is 44.6 Å². The van der Waals surface area contributed by atoms with Gasteiger partial charge in [0.1, 0.15) is 5.82 Å². The molecule has 1 aliphatic rings. The molecule has 1 saturated heterocycles. The van der Waals surface area contributed by atoms with Gasteiger partial charge >= 0.3 is 0 Å². The Kier molecular flexibility index (Phi) is 6.14. The van der Waals surface area contributed by atoms with Crippen LogP contribution in [0.2, 0.25) is 0 Å². The highest BCUT2D eigenvalue weighted by atomic mass is 19.1. The first kappa shape index (κ1) is 15.9. The highest BCUT2D eigenvalue weighted by molar-refractivity contribution is 5.78. The van der Waals surface area contributed by atoms with Crippen LogP contribution >= 0.6 is 0 Å². The molecule has 0 atom stereocenters. The lowest BCUT2D eigenvalue weighted by Crippen LogP contribution is -2.45. The number of carbonyl (C=O) groups excluding carboxylic acids is 1. The molecule has 5 heteroatoms. The number of rotatable bonds is 6. The van der Waals surface area contributed by atoms with Crippen molar-refractivity contribution in [3.05, 3.63) is 35.6 Å². The number of amides is 1. The Balaban J connectivity index is 1.70. The van der Waals surface area contributed by atoms with Gasteiger partial charge in [-0.15, -0.1) is 0 Å². The van der Waals surface area contributed by atoms with Gasteiger partial charge in [-0.1, -0.05) is 12.1 Å². The fraction of sp³-hybridized carbons (Fsp3) is 0.562. The van der Waals surface area contributed by atoms with Crippen molar-refractivity contribution >= 4 is 5.91 Å². The van der Waals surface area contributed by atoms with Crippen LogP contribution in [-0.4, -0.2) is 50.2 Å². The van der Waals surface area contributed by atoms with Crippen LogP contribution in [0, 0.1) is 5.82 Å². The molecular formula is C16H23FN2O2. The van der Waals surface area contributed by atoms with E-state index >= 15 is 0 Å². The van der Waals surface area contributed by atoms with E-state index in [1.807, 2.05) is 0 Å². The summed E-state index contributed by atoms with van der Waals surface area (Å²) in [5, 5.41) is 3.07. The highest BCUT2D eigenvalue weighted by Crippen LogP contribution is 2.10. The van der Waals surface area contributed by atoms with Crippen molar-refractivity contribution in [2.24, 2.45) is 0 Å².